The van der Waals surface area contributed by atoms with E-state index in [0.29, 0.717) is 5.56 Å². The van der Waals surface area contributed by atoms with E-state index in [1.54, 1.807) is 19.1 Å². The van der Waals surface area contributed by atoms with Crippen molar-refractivity contribution in [3.63, 3.8) is 0 Å². The van der Waals surface area contributed by atoms with Crippen molar-refractivity contribution in [2.24, 2.45) is 0 Å². The number of nitro benzene ring substituents is 1. The first-order valence-electron chi connectivity index (χ1n) is 7.39. The number of anilines is 1. The third-order valence-electron chi connectivity index (χ3n) is 3.74. The lowest BCUT2D eigenvalue weighted by atomic mass is 10.1. The van der Waals surface area contributed by atoms with Gasteiger partial charge in [-0.05, 0) is 26.3 Å². The molecule has 1 aliphatic heterocycles. The number of ether oxygens (including phenoxy) is 1. The second kappa shape index (κ2) is 6.85. The Bertz CT molecular complexity index is 566. The van der Waals surface area contributed by atoms with Crippen LogP contribution in [-0.2, 0) is 9.53 Å². The molecule has 1 aromatic carbocycles. The Morgan fingerprint density at radius 3 is 2.64 bits per heavy atom. The molecule has 120 valence electrons. The normalized spacial score (nSPS) is 24.8. The zero-order valence-corrected chi connectivity index (χ0v) is 13.1. The van der Waals surface area contributed by atoms with Gasteiger partial charge in [0.25, 0.3) is 11.6 Å². The number of morpholine rings is 1. The molecule has 2 rings (SSSR count). The van der Waals surface area contributed by atoms with E-state index in [1.165, 1.54) is 6.07 Å². The quantitative estimate of drug-likeness (QED) is 0.628. The predicted molar refractivity (Wildman–Crippen MR) is 82.0 cm³/mol. The van der Waals surface area contributed by atoms with Crippen LogP contribution in [0.15, 0.2) is 18.2 Å². The highest BCUT2D eigenvalue weighted by Crippen LogP contribution is 2.27. The molecule has 7 nitrogen and oxygen atoms in total. The summed E-state index contributed by atoms with van der Waals surface area (Å²) in [6.45, 7) is 7.51. The highest BCUT2D eigenvalue weighted by atomic mass is 16.6. The Labute approximate surface area is 129 Å². The zero-order chi connectivity index (χ0) is 16.3. The number of hydrogen-bond acceptors (Lipinski definition) is 4. The van der Waals surface area contributed by atoms with Crippen LogP contribution in [0.5, 0.6) is 0 Å². The Hall–Kier alpha value is -1.99. The molecule has 1 saturated heterocycles. The first-order valence-corrected chi connectivity index (χ1v) is 7.39. The van der Waals surface area contributed by atoms with Crippen LogP contribution in [0, 0.1) is 17.0 Å². The van der Waals surface area contributed by atoms with Crippen LogP contribution in [0.25, 0.3) is 0 Å². The van der Waals surface area contributed by atoms with E-state index >= 15 is 0 Å². The molecule has 0 radical (unpaired) electrons. The van der Waals surface area contributed by atoms with Crippen molar-refractivity contribution in [2.75, 3.05) is 25.0 Å². The summed E-state index contributed by atoms with van der Waals surface area (Å²) in [7, 11) is 0. The average Bonchev–Trinajstić information content (AvgIpc) is 2.39. The SMILES string of the molecule is Cc1cccc([N+](=O)[O-])c1NC(=O)C[NH+]1C[C@@H](C)O[C@H](C)C1. The van der Waals surface area contributed by atoms with Crippen molar-refractivity contribution in [2.45, 2.75) is 33.0 Å². The first-order chi connectivity index (χ1) is 10.4. The van der Waals surface area contributed by atoms with E-state index in [0.717, 1.165) is 18.0 Å². The molecule has 0 unspecified atom stereocenters. The summed E-state index contributed by atoms with van der Waals surface area (Å²) in [5, 5.41) is 13.8. The highest BCUT2D eigenvalue weighted by molar-refractivity contribution is 5.94. The predicted octanol–water partition coefficient (Wildman–Crippen LogP) is 0.534. The number of quaternary nitrogens is 1. The molecule has 0 bridgehead atoms. The van der Waals surface area contributed by atoms with Crippen LogP contribution in [-0.4, -0.2) is 42.7 Å². The third kappa shape index (κ3) is 4.02. The van der Waals surface area contributed by atoms with Gasteiger partial charge in [0.05, 0.1) is 4.92 Å². The smallest absolute Gasteiger partial charge is 0.293 e. The van der Waals surface area contributed by atoms with Crippen molar-refractivity contribution in [1.29, 1.82) is 0 Å². The number of benzene rings is 1. The van der Waals surface area contributed by atoms with Gasteiger partial charge in [0.15, 0.2) is 6.54 Å². The van der Waals surface area contributed by atoms with Gasteiger partial charge in [0.1, 0.15) is 31.0 Å². The van der Waals surface area contributed by atoms with Gasteiger partial charge in [-0.2, -0.15) is 0 Å². The van der Waals surface area contributed by atoms with Gasteiger partial charge in [0, 0.05) is 6.07 Å². The van der Waals surface area contributed by atoms with Crippen LogP contribution in [0.4, 0.5) is 11.4 Å². The number of nitro groups is 1. The van der Waals surface area contributed by atoms with Gasteiger partial charge in [-0.1, -0.05) is 12.1 Å². The van der Waals surface area contributed by atoms with Crippen molar-refractivity contribution in [1.82, 2.24) is 0 Å². The summed E-state index contributed by atoms with van der Waals surface area (Å²) in [6, 6.07) is 4.75. The number of nitrogens with zero attached hydrogens (tertiary/aromatic N) is 1. The van der Waals surface area contributed by atoms with Crippen LogP contribution in [0.3, 0.4) is 0 Å². The fourth-order valence-corrected chi connectivity index (χ4v) is 2.91. The lowest BCUT2D eigenvalue weighted by Crippen LogP contribution is -3.16. The number of nitrogens with one attached hydrogen (secondary N) is 2. The van der Waals surface area contributed by atoms with Crippen molar-refractivity contribution >= 4 is 17.3 Å². The molecule has 1 aliphatic rings. The number of para-hydroxylation sites is 1. The molecule has 2 atom stereocenters. The largest absolute Gasteiger partial charge is 0.364 e. The molecular formula is C15H22N3O4+. The minimum Gasteiger partial charge on any atom is -0.364 e. The van der Waals surface area contributed by atoms with E-state index in [-0.39, 0.29) is 36.0 Å². The molecule has 0 saturated carbocycles. The summed E-state index contributed by atoms with van der Waals surface area (Å²) in [5.74, 6) is -0.214. The average molecular weight is 308 g/mol. The number of amides is 1. The zero-order valence-electron chi connectivity index (χ0n) is 13.1. The molecule has 1 aromatic rings. The molecular weight excluding hydrogens is 286 g/mol. The summed E-state index contributed by atoms with van der Waals surface area (Å²) < 4.78 is 5.64. The van der Waals surface area contributed by atoms with Crippen LogP contribution in [0.1, 0.15) is 19.4 Å². The maximum atomic E-state index is 12.2. The Balaban J connectivity index is 2.05. The number of carbonyl (C=O) groups is 1. The molecule has 1 fully saturated rings. The van der Waals surface area contributed by atoms with Crippen molar-refractivity contribution in [3.05, 3.63) is 33.9 Å². The van der Waals surface area contributed by atoms with Crippen LogP contribution in [0.2, 0.25) is 0 Å². The summed E-state index contributed by atoms with van der Waals surface area (Å²) in [6.07, 6.45) is 0.221. The van der Waals surface area contributed by atoms with Crippen LogP contribution < -0.4 is 10.2 Å². The Kier molecular flexibility index (Phi) is 5.10. The van der Waals surface area contributed by atoms with Gasteiger partial charge in [-0.25, -0.2) is 0 Å². The maximum Gasteiger partial charge on any atom is 0.293 e. The van der Waals surface area contributed by atoms with Gasteiger partial charge in [-0.3, -0.25) is 14.9 Å². The first kappa shape index (κ1) is 16.4. The Morgan fingerprint density at radius 2 is 2.05 bits per heavy atom. The lowest BCUT2D eigenvalue weighted by Gasteiger charge is -2.31. The Morgan fingerprint density at radius 1 is 1.41 bits per heavy atom. The fourth-order valence-electron chi connectivity index (χ4n) is 2.91. The standard InChI is InChI=1S/C15H21N3O4/c1-10-5-4-6-13(18(20)21)15(10)16-14(19)9-17-7-11(2)22-12(3)8-17/h4-6,11-12H,7-9H2,1-3H3,(H,16,19)/p+1/t11-,12-/m1/s1. The second-order valence-electron chi connectivity index (χ2n) is 5.87. The molecule has 0 spiro atoms. The summed E-state index contributed by atoms with van der Waals surface area (Å²) in [5.41, 5.74) is 0.889. The molecule has 1 amide bonds. The minimum absolute atomic E-state index is 0.0768. The molecule has 1 heterocycles. The summed E-state index contributed by atoms with van der Waals surface area (Å²) in [4.78, 5) is 23.9. The topological polar surface area (TPSA) is 85.9 Å². The summed E-state index contributed by atoms with van der Waals surface area (Å²) >= 11 is 0. The lowest BCUT2D eigenvalue weighted by molar-refractivity contribution is -0.907. The van der Waals surface area contributed by atoms with Gasteiger partial charge in [-0.15, -0.1) is 0 Å². The molecule has 7 heteroatoms. The van der Waals surface area contributed by atoms with E-state index < -0.39 is 4.92 Å². The van der Waals surface area contributed by atoms with E-state index in [1.807, 2.05) is 13.8 Å². The van der Waals surface area contributed by atoms with E-state index in [9.17, 15) is 14.9 Å². The fraction of sp³-hybridized carbons (Fsp3) is 0.533. The highest BCUT2D eigenvalue weighted by Gasteiger charge is 2.28. The molecule has 0 aliphatic carbocycles. The number of rotatable bonds is 4. The van der Waals surface area contributed by atoms with E-state index in [2.05, 4.69) is 5.32 Å². The molecule has 2 N–H and O–H groups in total. The van der Waals surface area contributed by atoms with Gasteiger partial charge < -0.3 is 15.0 Å². The second-order valence-corrected chi connectivity index (χ2v) is 5.87. The molecule has 0 aromatic heterocycles. The van der Waals surface area contributed by atoms with Crippen molar-refractivity contribution < 1.29 is 19.4 Å². The van der Waals surface area contributed by atoms with Crippen LogP contribution >= 0.6 is 0 Å². The number of hydrogen-bond donors (Lipinski definition) is 2. The number of carbonyl (C=O) groups excluding carboxylic acids is 1. The van der Waals surface area contributed by atoms with Gasteiger partial charge in [0.2, 0.25) is 0 Å². The maximum absolute atomic E-state index is 12.2. The third-order valence-corrected chi connectivity index (χ3v) is 3.74. The molecule has 22 heavy (non-hydrogen) atoms. The van der Waals surface area contributed by atoms with Gasteiger partial charge >= 0.3 is 0 Å². The van der Waals surface area contributed by atoms with E-state index in [4.69, 9.17) is 4.74 Å². The minimum atomic E-state index is -0.478. The monoisotopic (exact) mass is 308 g/mol. The number of aryl methyl sites for hydroxylation is 1. The van der Waals surface area contributed by atoms with Crippen molar-refractivity contribution in [3.8, 4) is 0 Å².